The first kappa shape index (κ1) is 11.2. The first-order chi connectivity index (χ1) is 8.36. The summed E-state index contributed by atoms with van der Waals surface area (Å²) in [6, 6.07) is 11.1. The van der Waals surface area contributed by atoms with E-state index >= 15 is 0 Å². The average Bonchev–Trinajstić information content (AvgIpc) is 2.79. The highest BCUT2D eigenvalue weighted by molar-refractivity contribution is 5.16. The lowest BCUT2D eigenvalue weighted by Crippen LogP contribution is -2.57. The summed E-state index contributed by atoms with van der Waals surface area (Å²) in [4.78, 5) is 0. The maximum Gasteiger partial charge on any atom is 0.145 e. The Bertz CT molecular complexity index is 360. The molecular formula is C14H19NO2. The molecule has 3 rings (SSSR count). The fourth-order valence-electron chi connectivity index (χ4n) is 2.71. The van der Waals surface area contributed by atoms with Crippen molar-refractivity contribution >= 4 is 0 Å². The molecule has 92 valence electrons. The molecule has 1 aromatic rings. The molecule has 0 saturated carbocycles. The fraction of sp³-hybridized carbons (Fsp3) is 0.571. The lowest BCUT2D eigenvalue weighted by atomic mass is 9.99. The smallest absolute Gasteiger partial charge is 0.145 e. The molecular weight excluding hydrogens is 214 g/mol. The second-order valence-electron chi connectivity index (χ2n) is 4.96. The predicted octanol–water partition coefficient (Wildman–Crippen LogP) is 1.72. The van der Waals surface area contributed by atoms with Gasteiger partial charge in [-0.15, -0.1) is 0 Å². The largest absolute Gasteiger partial charge is 0.377 e. The monoisotopic (exact) mass is 233 g/mol. The number of nitrogens with one attached hydrogen (secondary N) is 1. The van der Waals surface area contributed by atoms with Crippen LogP contribution in [0.3, 0.4) is 0 Å². The normalized spacial score (nSPS) is 33.1. The Morgan fingerprint density at radius 2 is 2.12 bits per heavy atom. The van der Waals surface area contributed by atoms with Crippen LogP contribution in [0.5, 0.6) is 0 Å². The summed E-state index contributed by atoms with van der Waals surface area (Å²) in [5.41, 5.74) is 1.19. The maximum absolute atomic E-state index is 5.86. The highest BCUT2D eigenvalue weighted by atomic mass is 16.6. The van der Waals surface area contributed by atoms with Crippen molar-refractivity contribution in [3.8, 4) is 0 Å². The molecule has 2 unspecified atom stereocenters. The standard InChI is InChI=1S/C14H19NO2/c1-2-4-12(5-3-1)10-13-6-8-17-14(15-13)7-9-16-11-14/h1-5,13,15H,6-11H2. The van der Waals surface area contributed by atoms with Gasteiger partial charge >= 0.3 is 0 Å². The summed E-state index contributed by atoms with van der Waals surface area (Å²) in [7, 11) is 0. The first-order valence-corrected chi connectivity index (χ1v) is 6.40. The van der Waals surface area contributed by atoms with Gasteiger partial charge in [0.05, 0.1) is 19.8 Å². The molecule has 1 aromatic carbocycles. The van der Waals surface area contributed by atoms with Gasteiger partial charge in [-0.1, -0.05) is 30.3 Å². The van der Waals surface area contributed by atoms with E-state index in [1.807, 2.05) is 0 Å². The lowest BCUT2D eigenvalue weighted by molar-refractivity contribution is -0.110. The van der Waals surface area contributed by atoms with Gasteiger partial charge in [0.25, 0.3) is 0 Å². The van der Waals surface area contributed by atoms with Crippen molar-refractivity contribution in [2.24, 2.45) is 0 Å². The molecule has 2 fully saturated rings. The van der Waals surface area contributed by atoms with Gasteiger partial charge in [0.15, 0.2) is 0 Å². The Balaban J connectivity index is 1.64. The molecule has 3 nitrogen and oxygen atoms in total. The van der Waals surface area contributed by atoms with Crippen LogP contribution in [0.4, 0.5) is 0 Å². The first-order valence-electron chi connectivity index (χ1n) is 6.40. The second-order valence-corrected chi connectivity index (χ2v) is 4.96. The Hall–Kier alpha value is -0.900. The van der Waals surface area contributed by atoms with Crippen LogP contribution in [0.2, 0.25) is 0 Å². The molecule has 17 heavy (non-hydrogen) atoms. The van der Waals surface area contributed by atoms with Crippen molar-refractivity contribution in [1.29, 1.82) is 0 Å². The highest BCUT2D eigenvalue weighted by Crippen LogP contribution is 2.26. The number of hydrogen-bond acceptors (Lipinski definition) is 3. The van der Waals surface area contributed by atoms with Crippen LogP contribution in [-0.2, 0) is 15.9 Å². The Morgan fingerprint density at radius 1 is 1.24 bits per heavy atom. The molecule has 3 heteroatoms. The maximum atomic E-state index is 5.86. The predicted molar refractivity (Wildman–Crippen MR) is 65.8 cm³/mol. The van der Waals surface area contributed by atoms with E-state index in [0.717, 1.165) is 32.5 Å². The third-order valence-corrected chi connectivity index (χ3v) is 3.62. The van der Waals surface area contributed by atoms with Crippen molar-refractivity contribution in [2.75, 3.05) is 19.8 Å². The van der Waals surface area contributed by atoms with Crippen LogP contribution in [0, 0.1) is 0 Å². The molecule has 2 atom stereocenters. The van der Waals surface area contributed by atoms with Crippen LogP contribution in [0.25, 0.3) is 0 Å². The van der Waals surface area contributed by atoms with E-state index in [4.69, 9.17) is 9.47 Å². The zero-order chi connectivity index (χ0) is 11.6. The van der Waals surface area contributed by atoms with Gasteiger partial charge in [-0.2, -0.15) is 0 Å². The topological polar surface area (TPSA) is 30.5 Å². The molecule has 0 aromatic heterocycles. The molecule has 0 radical (unpaired) electrons. The van der Waals surface area contributed by atoms with E-state index in [1.165, 1.54) is 5.56 Å². The fourth-order valence-corrected chi connectivity index (χ4v) is 2.71. The van der Waals surface area contributed by atoms with Crippen LogP contribution in [0.1, 0.15) is 18.4 Å². The van der Waals surface area contributed by atoms with E-state index in [1.54, 1.807) is 0 Å². The van der Waals surface area contributed by atoms with Crippen LogP contribution in [0.15, 0.2) is 30.3 Å². The van der Waals surface area contributed by atoms with E-state index in [9.17, 15) is 0 Å². The SMILES string of the molecule is c1ccc(CC2CCOC3(CCOC3)N2)cc1. The van der Waals surface area contributed by atoms with Gasteiger partial charge in [-0.25, -0.2) is 0 Å². The number of ether oxygens (including phenoxy) is 2. The van der Waals surface area contributed by atoms with Gasteiger partial charge in [0.2, 0.25) is 0 Å². The molecule has 1 N–H and O–H groups in total. The quantitative estimate of drug-likeness (QED) is 0.843. The van der Waals surface area contributed by atoms with Crippen molar-refractivity contribution in [3.63, 3.8) is 0 Å². The number of benzene rings is 1. The zero-order valence-corrected chi connectivity index (χ0v) is 10.0. The van der Waals surface area contributed by atoms with E-state index in [0.29, 0.717) is 12.6 Å². The molecule has 0 aliphatic carbocycles. The van der Waals surface area contributed by atoms with Gasteiger partial charge in [0, 0.05) is 12.5 Å². The van der Waals surface area contributed by atoms with E-state index in [-0.39, 0.29) is 5.72 Å². The number of hydrogen-bond donors (Lipinski definition) is 1. The van der Waals surface area contributed by atoms with Gasteiger partial charge in [0.1, 0.15) is 5.72 Å². The van der Waals surface area contributed by atoms with Gasteiger partial charge in [-0.05, 0) is 18.4 Å². The summed E-state index contributed by atoms with van der Waals surface area (Å²) in [6.07, 6.45) is 3.13. The van der Waals surface area contributed by atoms with Crippen molar-refractivity contribution < 1.29 is 9.47 Å². The lowest BCUT2D eigenvalue weighted by Gasteiger charge is -2.38. The van der Waals surface area contributed by atoms with Crippen LogP contribution >= 0.6 is 0 Å². The van der Waals surface area contributed by atoms with Crippen molar-refractivity contribution in [1.82, 2.24) is 5.32 Å². The van der Waals surface area contributed by atoms with E-state index in [2.05, 4.69) is 35.6 Å². The Morgan fingerprint density at radius 3 is 2.88 bits per heavy atom. The molecule has 2 aliphatic heterocycles. The molecule has 2 aliphatic rings. The molecule has 0 amide bonds. The molecule has 0 bridgehead atoms. The second kappa shape index (κ2) is 4.77. The average molecular weight is 233 g/mol. The molecule has 1 spiro atoms. The van der Waals surface area contributed by atoms with Crippen LogP contribution in [-0.4, -0.2) is 31.6 Å². The summed E-state index contributed by atoms with van der Waals surface area (Å²) in [6.45, 7) is 2.34. The molecule has 2 saturated heterocycles. The van der Waals surface area contributed by atoms with Crippen molar-refractivity contribution in [3.05, 3.63) is 35.9 Å². The summed E-state index contributed by atoms with van der Waals surface area (Å²) in [5.74, 6) is 0. The van der Waals surface area contributed by atoms with Crippen LogP contribution < -0.4 is 5.32 Å². The van der Waals surface area contributed by atoms with Gasteiger partial charge in [-0.3, -0.25) is 5.32 Å². The van der Waals surface area contributed by atoms with Crippen molar-refractivity contribution in [2.45, 2.75) is 31.0 Å². The minimum Gasteiger partial charge on any atom is -0.377 e. The minimum atomic E-state index is -0.197. The Kier molecular flexibility index (Phi) is 3.14. The number of rotatable bonds is 2. The third kappa shape index (κ3) is 2.51. The highest BCUT2D eigenvalue weighted by Gasteiger charge is 2.40. The minimum absolute atomic E-state index is 0.197. The third-order valence-electron chi connectivity index (χ3n) is 3.62. The zero-order valence-electron chi connectivity index (χ0n) is 10.0. The summed E-state index contributed by atoms with van der Waals surface area (Å²) in [5, 5.41) is 3.63. The summed E-state index contributed by atoms with van der Waals surface area (Å²) >= 11 is 0. The summed E-state index contributed by atoms with van der Waals surface area (Å²) < 4.78 is 11.3. The molecule has 2 heterocycles. The van der Waals surface area contributed by atoms with Gasteiger partial charge < -0.3 is 9.47 Å². The Labute approximate surface area is 102 Å². The van der Waals surface area contributed by atoms with E-state index < -0.39 is 0 Å².